The molecular formula is C22H15BrCl2N2O2S. The quantitative estimate of drug-likeness (QED) is 0.300. The number of methoxy groups -OCH3 is 1. The van der Waals surface area contributed by atoms with Gasteiger partial charge in [-0.25, -0.2) is 4.98 Å². The van der Waals surface area contributed by atoms with Crippen LogP contribution in [-0.4, -0.2) is 18.0 Å². The molecule has 0 saturated carbocycles. The number of anilines is 1. The van der Waals surface area contributed by atoms with Crippen LogP contribution in [0.1, 0.15) is 15.9 Å². The third kappa shape index (κ3) is 4.05. The van der Waals surface area contributed by atoms with Gasteiger partial charge in [0.05, 0.1) is 38.6 Å². The summed E-state index contributed by atoms with van der Waals surface area (Å²) in [6.45, 7) is 1.88. The van der Waals surface area contributed by atoms with Gasteiger partial charge in [-0.1, -0.05) is 51.3 Å². The normalized spacial score (nSPS) is 11.0. The van der Waals surface area contributed by atoms with Crippen LogP contribution >= 0.6 is 50.5 Å². The largest absolute Gasteiger partial charge is 0.496 e. The van der Waals surface area contributed by atoms with Gasteiger partial charge in [0.2, 0.25) is 0 Å². The molecule has 0 saturated heterocycles. The zero-order chi connectivity index (χ0) is 21.4. The van der Waals surface area contributed by atoms with Gasteiger partial charge in [0.1, 0.15) is 10.8 Å². The van der Waals surface area contributed by atoms with Crippen molar-refractivity contribution >= 4 is 72.3 Å². The number of para-hydroxylation sites is 1. The number of thiazole rings is 1. The maximum Gasteiger partial charge on any atom is 0.259 e. The van der Waals surface area contributed by atoms with Crippen molar-refractivity contribution in [2.75, 3.05) is 12.4 Å². The van der Waals surface area contributed by atoms with Crippen molar-refractivity contribution in [3.63, 3.8) is 0 Å². The summed E-state index contributed by atoms with van der Waals surface area (Å²) in [7, 11) is 1.54. The van der Waals surface area contributed by atoms with Gasteiger partial charge in [0.15, 0.2) is 0 Å². The predicted octanol–water partition coefficient (Wildman–Crippen LogP) is 7.60. The van der Waals surface area contributed by atoms with E-state index in [1.807, 2.05) is 37.3 Å². The number of halogens is 3. The van der Waals surface area contributed by atoms with Crippen molar-refractivity contribution in [1.82, 2.24) is 4.98 Å². The Labute approximate surface area is 195 Å². The lowest BCUT2D eigenvalue weighted by Crippen LogP contribution is -2.14. The van der Waals surface area contributed by atoms with E-state index in [0.717, 1.165) is 25.3 Å². The highest BCUT2D eigenvalue weighted by Crippen LogP contribution is 2.39. The fourth-order valence-corrected chi connectivity index (χ4v) is 5.30. The molecular weight excluding hydrogens is 507 g/mol. The predicted molar refractivity (Wildman–Crippen MR) is 128 cm³/mol. The Morgan fingerprint density at radius 1 is 1.13 bits per heavy atom. The molecule has 30 heavy (non-hydrogen) atoms. The number of hydrogen-bond acceptors (Lipinski definition) is 4. The molecule has 0 aliphatic carbocycles. The minimum Gasteiger partial charge on any atom is -0.496 e. The van der Waals surface area contributed by atoms with Gasteiger partial charge in [0, 0.05) is 10.0 Å². The lowest BCUT2D eigenvalue weighted by atomic mass is 10.1. The van der Waals surface area contributed by atoms with Crippen molar-refractivity contribution in [3.8, 4) is 16.3 Å². The van der Waals surface area contributed by atoms with E-state index >= 15 is 0 Å². The van der Waals surface area contributed by atoms with E-state index < -0.39 is 0 Å². The molecule has 0 unspecified atom stereocenters. The van der Waals surface area contributed by atoms with Crippen molar-refractivity contribution < 1.29 is 9.53 Å². The molecule has 0 spiro atoms. The highest BCUT2D eigenvalue weighted by molar-refractivity contribution is 9.10. The fourth-order valence-electron chi connectivity index (χ4n) is 3.16. The van der Waals surface area contributed by atoms with E-state index in [1.54, 1.807) is 18.2 Å². The van der Waals surface area contributed by atoms with E-state index in [2.05, 4.69) is 26.2 Å². The van der Waals surface area contributed by atoms with Crippen molar-refractivity contribution in [2.24, 2.45) is 0 Å². The minimum absolute atomic E-state index is 0.337. The topological polar surface area (TPSA) is 51.2 Å². The molecule has 4 aromatic rings. The summed E-state index contributed by atoms with van der Waals surface area (Å²) in [5.74, 6) is 0.169. The Bertz CT molecular complexity index is 1260. The number of nitrogens with zero attached hydrogens (tertiary/aromatic N) is 1. The molecule has 1 amide bonds. The number of benzene rings is 3. The van der Waals surface area contributed by atoms with E-state index in [1.165, 1.54) is 18.4 Å². The van der Waals surface area contributed by atoms with E-state index in [-0.39, 0.29) is 5.91 Å². The summed E-state index contributed by atoms with van der Waals surface area (Å²) in [5, 5.41) is 4.43. The van der Waals surface area contributed by atoms with Gasteiger partial charge in [-0.2, -0.15) is 0 Å². The molecule has 152 valence electrons. The first-order valence-electron chi connectivity index (χ1n) is 8.88. The highest BCUT2D eigenvalue weighted by Gasteiger charge is 2.19. The Hall–Kier alpha value is -2.12. The molecule has 0 radical (unpaired) electrons. The third-order valence-electron chi connectivity index (χ3n) is 4.52. The lowest BCUT2D eigenvalue weighted by Gasteiger charge is -2.14. The van der Waals surface area contributed by atoms with Gasteiger partial charge in [0.25, 0.3) is 5.91 Å². The molecule has 1 aromatic heterocycles. The van der Waals surface area contributed by atoms with Crippen LogP contribution in [0.2, 0.25) is 10.0 Å². The molecule has 0 atom stereocenters. The molecule has 1 N–H and O–H groups in total. The van der Waals surface area contributed by atoms with Crippen LogP contribution in [0.4, 0.5) is 5.69 Å². The smallest absolute Gasteiger partial charge is 0.259 e. The number of amides is 1. The first-order valence-corrected chi connectivity index (χ1v) is 11.2. The third-order valence-corrected chi connectivity index (χ3v) is 6.67. The van der Waals surface area contributed by atoms with E-state index in [4.69, 9.17) is 27.9 Å². The summed E-state index contributed by atoms with van der Waals surface area (Å²) in [6, 6.07) is 14.8. The van der Waals surface area contributed by atoms with Gasteiger partial charge >= 0.3 is 0 Å². The number of aryl methyl sites for hydroxylation is 1. The number of nitrogens with one attached hydrogen (secondary N) is 1. The Morgan fingerprint density at radius 3 is 2.63 bits per heavy atom. The monoisotopic (exact) mass is 520 g/mol. The second-order valence-corrected chi connectivity index (χ2v) is 9.32. The van der Waals surface area contributed by atoms with Crippen molar-refractivity contribution in [3.05, 3.63) is 74.2 Å². The number of fused-ring (bicyclic) bond motifs is 1. The number of aromatic nitrogens is 1. The van der Waals surface area contributed by atoms with E-state index in [9.17, 15) is 4.79 Å². The Balaban J connectivity index is 1.74. The van der Waals surface area contributed by atoms with Crippen LogP contribution in [0.15, 0.2) is 53.0 Å². The van der Waals surface area contributed by atoms with Gasteiger partial charge < -0.3 is 10.1 Å². The molecule has 0 fully saturated rings. The van der Waals surface area contributed by atoms with Crippen LogP contribution in [0.25, 0.3) is 20.8 Å². The number of carbonyl (C=O) groups excluding carboxylic acids is 1. The molecule has 0 aliphatic heterocycles. The number of hydrogen-bond donors (Lipinski definition) is 1. The lowest BCUT2D eigenvalue weighted by molar-refractivity contribution is 0.102. The number of rotatable bonds is 4. The van der Waals surface area contributed by atoms with Crippen molar-refractivity contribution in [2.45, 2.75) is 6.92 Å². The summed E-state index contributed by atoms with van der Waals surface area (Å²) < 4.78 is 7.26. The first-order chi connectivity index (χ1) is 14.4. The molecule has 1 heterocycles. The Kier molecular flexibility index (Phi) is 6.02. The minimum atomic E-state index is -0.337. The van der Waals surface area contributed by atoms with Crippen LogP contribution < -0.4 is 10.1 Å². The summed E-state index contributed by atoms with van der Waals surface area (Å²) in [4.78, 5) is 17.7. The highest BCUT2D eigenvalue weighted by atomic mass is 79.9. The Morgan fingerprint density at radius 2 is 1.90 bits per heavy atom. The summed E-state index contributed by atoms with van der Waals surface area (Å²) in [5.41, 5.74) is 3.28. The fraction of sp³-hybridized carbons (Fsp3) is 0.0909. The second-order valence-electron chi connectivity index (χ2n) is 6.56. The zero-order valence-electron chi connectivity index (χ0n) is 15.9. The average Bonchev–Trinajstić information content (AvgIpc) is 3.13. The first kappa shape index (κ1) is 21.1. The van der Waals surface area contributed by atoms with Crippen LogP contribution in [0, 0.1) is 6.92 Å². The molecule has 4 rings (SSSR count). The van der Waals surface area contributed by atoms with Gasteiger partial charge in [-0.15, -0.1) is 11.3 Å². The molecule has 0 bridgehead atoms. The summed E-state index contributed by atoms with van der Waals surface area (Å²) in [6.07, 6.45) is 0. The van der Waals surface area contributed by atoms with Crippen LogP contribution in [-0.2, 0) is 0 Å². The standard InChI is InChI=1S/C22H15BrCl2N2O2S/c1-11-7-12(23)8-14(20(11)29-2)21(28)26-18-9-13(15(24)10-16(18)25)22-27-17-5-3-4-6-19(17)30-22/h3-10H,1-2H3,(H,26,28). The molecule has 8 heteroatoms. The number of ether oxygens (including phenoxy) is 1. The molecule has 4 nitrogen and oxygen atoms in total. The molecule has 3 aromatic carbocycles. The van der Waals surface area contributed by atoms with Gasteiger partial charge in [-0.05, 0) is 48.9 Å². The number of carbonyl (C=O) groups is 1. The van der Waals surface area contributed by atoms with Crippen molar-refractivity contribution in [1.29, 1.82) is 0 Å². The summed E-state index contributed by atoms with van der Waals surface area (Å²) >= 11 is 17.8. The van der Waals surface area contributed by atoms with E-state index in [0.29, 0.717) is 32.6 Å². The maximum absolute atomic E-state index is 13.0. The SMILES string of the molecule is COc1c(C)cc(Br)cc1C(=O)Nc1cc(-c2nc3ccccc3s2)c(Cl)cc1Cl. The van der Waals surface area contributed by atoms with Gasteiger partial charge in [-0.3, -0.25) is 4.79 Å². The molecule has 0 aliphatic rings. The average molecular weight is 522 g/mol. The second kappa shape index (κ2) is 8.55. The van der Waals surface area contributed by atoms with Crippen LogP contribution in [0.5, 0.6) is 5.75 Å². The zero-order valence-corrected chi connectivity index (χ0v) is 19.8. The van der Waals surface area contributed by atoms with Crippen LogP contribution in [0.3, 0.4) is 0 Å². The maximum atomic E-state index is 13.0.